The Bertz CT molecular complexity index is 1280. The highest BCUT2D eigenvalue weighted by molar-refractivity contribution is 6.15. The van der Waals surface area contributed by atoms with Crippen molar-refractivity contribution in [3.8, 4) is 0 Å². The number of ether oxygens (including phenoxy) is 1. The Labute approximate surface area is 182 Å². The second kappa shape index (κ2) is 7.67. The Balaban J connectivity index is 1.36. The monoisotopic (exact) mass is 435 g/mol. The van der Waals surface area contributed by atoms with Crippen LogP contribution in [0.25, 0.3) is 11.1 Å². The Morgan fingerprint density at radius 3 is 2.56 bits per heavy atom. The van der Waals surface area contributed by atoms with Gasteiger partial charge in [0.2, 0.25) is 0 Å². The molecule has 1 aliphatic carbocycles. The van der Waals surface area contributed by atoms with Crippen molar-refractivity contribution in [1.82, 2.24) is 4.57 Å². The van der Waals surface area contributed by atoms with E-state index >= 15 is 0 Å². The number of oxazole rings is 1. The van der Waals surface area contributed by atoms with Gasteiger partial charge in [0.05, 0.1) is 16.9 Å². The van der Waals surface area contributed by atoms with Crippen molar-refractivity contribution in [3.63, 3.8) is 0 Å². The van der Waals surface area contributed by atoms with Crippen molar-refractivity contribution in [3.05, 3.63) is 59.1 Å². The van der Waals surface area contributed by atoms with Crippen LogP contribution in [0.4, 0.5) is 11.4 Å². The average molecular weight is 435 g/mol. The third-order valence-corrected chi connectivity index (χ3v) is 6.14. The molecule has 1 aliphatic heterocycles. The number of amides is 2. The summed E-state index contributed by atoms with van der Waals surface area (Å²) >= 11 is 0. The lowest BCUT2D eigenvalue weighted by atomic mass is 9.90. The minimum Gasteiger partial charge on any atom is -0.454 e. The predicted molar refractivity (Wildman–Crippen MR) is 115 cm³/mol. The summed E-state index contributed by atoms with van der Waals surface area (Å²) in [6.07, 6.45) is 2.75. The molecule has 1 saturated carbocycles. The van der Waals surface area contributed by atoms with Gasteiger partial charge in [-0.2, -0.15) is 0 Å². The van der Waals surface area contributed by atoms with Crippen LogP contribution in [-0.2, 0) is 25.7 Å². The first kappa shape index (κ1) is 20.0. The summed E-state index contributed by atoms with van der Waals surface area (Å²) in [5.74, 6) is -2.13. The highest BCUT2D eigenvalue weighted by Crippen LogP contribution is 2.45. The Morgan fingerprint density at radius 2 is 1.75 bits per heavy atom. The molecule has 9 heteroatoms. The number of aromatic nitrogens is 1. The van der Waals surface area contributed by atoms with E-state index in [1.54, 1.807) is 48.5 Å². The molecule has 9 nitrogen and oxygen atoms in total. The van der Waals surface area contributed by atoms with E-state index in [2.05, 4.69) is 5.32 Å². The fourth-order valence-electron chi connectivity index (χ4n) is 4.67. The van der Waals surface area contributed by atoms with Crippen LogP contribution >= 0.6 is 0 Å². The van der Waals surface area contributed by atoms with Crippen molar-refractivity contribution >= 4 is 40.3 Å². The van der Waals surface area contributed by atoms with Crippen molar-refractivity contribution in [1.29, 1.82) is 0 Å². The van der Waals surface area contributed by atoms with Crippen LogP contribution < -0.4 is 16.0 Å². The molecule has 5 rings (SSSR count). The van der Waals surface area contributed by atoms with E-state index in [9.17, 15) is 19.2 Å². The van der Waals surface area contributed by atoms with Crippen LogP contribution in [0.2, 0.25) is 0 Å². The smallest absolute Gasteiger partial charge is 0.420 e. The van der Waals surface area contributed by atoms with Gasteiger partial charge < -0.3 is 14.5 Å². The van der Waals surface area contributed by atoms with Crippen LogP contribution in [0.1, 0.15) is 25.7 Å². The van der Waals surface area contributed by atoms with E-state index < -0.39 is 29.8 Å². The number of para-hydroxylation sites is 4. The van der Waals surface area contributed by atoms with E-state index in [0.717, 1.165) is 17.4 Å². The Morgan fingerprint density at radius 1 is 1.03 bits per heavy atom. The molecule has 1 N–H and O–H groups in total. The number of benzene rings is 2. The van der Waals surface area contributed by atoms with E-state index in [0.29, 0.717) is 35.3 Å². The maximum Gasteiger partial charge on any atom is 0.420 e. The first-order chi connectivity index (χ1) is 15.5. The number of esters is 1. The molecule has 2 aliphatic rings. The van der Waals surface area contributed by atoms with Crippen molar-refractivity contribution < 1.29 is 23.5 Å². The molecule has 2 aromatic carbocycles. The van der Waals surface area contributed by atoms with Gasteiger partial charge in [0.1, 0.15) is 12.1 Å². The molecule has 1 aromatic heterocycles. The lowest BCUT2D eigenvalue weighted by Gasteiger charge is -2.44. The summed E-state index contributed by atoms with van der Waals surface area (Å²) in [6.45, 7) is -0.919. The second-order valence-electron chi connectivity index (χ2n) is 8.02. The number of hydrogen-bond acceptors (Lipinski definition) is 6. The molecule has 0 unspecified atom stereocenters. The average Bonchev–Trinajstić information content (AvgIpc) is 3.39. The third kappa shape index (κ3) is 3.17. The fraction of sp³-hybridized carbons (Fsp3) is 0.304. The number of carbonyl (C=O) groups is 3. The molecule has 0 bridgehead atoms. The molecule has 2 amide bonds. The molecule has 1 spiro atoms. The van der Waals surface area contributed by atoms with Crippen molar-refractivity contribution in [2.45, 2.75) is 37.8 Å². The fourth-order valence-corrected chi connectivity index (χ4v) is 4.67. The minimum absolute atomic E-state index is 0.218. The summed E-state index contributed by atoms with van der Waals surface area (Å²) in [4.78, 5) is 52.2. The van der Waals surface area contributed by atoms with Gasteiger partial charge >= 0.3 is 11.7 Å². The Hall–Kier alpha value is -3.88. The van der Waals surface area contributed by atoms with Crippen molar-refractivity contribution in [2.75, 3.05) is 16.8 Å². The van der Waals surface area contributed by atoms with Gasteiger partial charge in [-0.15, -0.1) is 0 Å². The quantitative estimate of drug-likeness (QED) is 0.630. The standard InChI is InChI=1S/C23H21N3O6/c27-19(14-31-20(28)13-25-17-9-3-4-10-18(17)32-22(25)30)26-16-8-2-1-7-15(16)24-21(29)23(26)11-5-6-12-23/h1-4,7-10H,5-6,11-14H2,(H,24,29). The SMILES string of the molecule is O=C(Cn1c(=O)oc2ccccc21)OCC(=O)N1c2ccccc2NC(=O)C12CCCC2. The molecule has 164 valence electrons. The highest BCUT2D eigenvalue weighted by Gasteiger charge is 2.52. The van der Waals surface area contributed by atoms with E-state index in [1.165, 1.54) is 4.90 Å². The molecule has 32 heavy (non-hydrogen) atoms. The van der Waals surface area contributed by atoms with Gasteiger partial charge in [0.15, 0.2) is 12.2 Å². The zero-order chi connectivity index (χ0) is 22.3. The summed E-state index contributed by atoms with van der Waals surface area (Å²) in [6, 6.07) is 13.8. The van der Waals surface area contributed by atoms with Crippen LogP contribution in [0.3, 0.4) is 0 Å². The molecule has 0 radical (unpaired) electrons. The summed E-state index contributed by atoms with van der Waals surface area (Å²) in [7, 11) is 0. The first-order valence-corrected chi connectivity index (χ1v) is 10.5. The molecular formula is C23H21N3O6. The van der Waals surface area contributed by atoms with Crippen LogP contribution in [0.5, 0.6) is 0 Å². The van der Waals surface area contributed by atoms with Crippen LogP contribution in [0.15, 0.2) is 57.7 Å². The summed E-state index contributed by atoms with van der Waals surface area (Å²) in [5.41, 5.74) is 0.987. The number of nitrogens with zero attached hydrogens (tertiary/aromatic N) is 2. The van der Waals surface area contributed by atoms with E-state index in [4.69, 9.17) is 9.15 Å². The van der Waals surface area contributed by atoms with Crippen molar-refractivity contribution in [2.24, 2.45) is 0 Å². The molecule has 3 aromatic rings. The molecule has 0 atom stereocenters. The van der Waals surface area contributed by atoms with Gasteiger partial charge in [-0.3, -0.25) is 23.9 Å². The number of rotatable bonds is 4. The van der Waals surface area contributed by atoms with Gasteiger partial charge in [0, 0.05) is 0 Å². The van der Waals surface area contributed by atoms with Gasteiger partial charge in [0.25, 0.3) is 11.8 Å². The van der Waals surface area contributed by atoms with E-state index in [-0.39, 0.29) is 12.5 Å². The summed E-state index contributed by atoms with van der Waals surface area (Å²) in [5, 5.41) is 2.91. The summed E-state index contributed by atoms with van der Waals surface area (Å²) < 4.78 is 11.5. The normalized spacial score (nSPS) is 16.8. The first-order valence-electron chi connectivity index (χ1n) is 10.5. The number of hydrogen-bond donors (Lipinski definition) is 1. The van der Waals surface area contributed by atoms with Gasteiger partial charge in [-0.25, -0.2) is 4.79 Å². The molecular weight excluding hydrogens is 414 g/mol. The third-order valence-electron chi connectivity index (χ3n) is 6.14. The predicted octanol–water partition coefficient (Wildman–Crippen LogP) is 2.44. The number of carbonyl (C=O) groups excluding carboxylic acids is 3. The number of anilines is 2. The van der Waals surface area contributed by atoms with Gasteiger partial charge in [-0.05, 0) is 37.1 Å². The van der Waals surface area contributed by atoms with Gasteiger partial charge in [-0.1, -0.05) is 37.1 Å². The minimum atomic E-state index is -0.977. The lowest BCUT2D eigenvalue weighted by Crippen LogP contribution is -2.61. The molecule has 1 fully saturated rings. The number of nitrogens with one attached hydrogen (secondary N) is 1. The Kier molecular flexibility index (Phi) is 4.80. The zero-order valence-corrected chi connectivity index (χ0v) is 17.2. The highest BCUT2D eigenvalue weighted by atomic mass is 16.5. The molecule has 0 saturated heterocycles. The maximum absolute atomic E-state index is 13.2. The van der Waals surface area contributed by atoms with Crippen LogP contribution in [-0.4, -0.2) is 34.5 Å². The lowest BCUT2D eigenvalue weighted by molar-refractivity contribution is -0.149. The largest absolute Gasteiger partial charge is 0.454 e. The zero-order valence-electron chi connectivity index (χ0n) is 17.2. The van der Waals surface area contributed by atoms with Crippen LogP contribution in [0, 0.1) is 0 Å². The maximum atomic E-state index is 13.2. The molecule has 2 heterocycles. The second-order valence-corrected chi connectivity index (χ2v) is 8.02. The number of fused-ring (bicyclic) bond motifs is 2. The van der Waals surface area contributed by atoms with E-state index in [1.807, 2.05) is 0 Å². The topological polar surface area (TPSA) is 111 Å².